The molecule has 0 aliphatic heterocycles. The van der Waals surface area contributed by atoms with Gasteiger partial charge in [-0.25, -0.2) is 19.0 Å². The molecule has 0 spiro atoms. The molecule has 1 heterocycles. The number of rotatable bonds is 6. The van der Waals surface area contributed by atoms with Gasteiger partial charge in [-0.1, -0.05) is 12.1 Å². The highest BCUT2D eigenvalue weighted by molar-refractivity contribution is 7.09. The first kappa shape index (κ1) is 17.3. The van der Waals surface area contributed by atoms with Crippen LogP contribution in [0.1, 0.15) is 35.3 Å². The molecular formula is C17H18FN3O3S. The number of para-hydroxylation sites is 1. The van der Waals surface area contributed by atoms with Crippen LogP contribution in [0, 0.1) is 5.82 Å². The summed E-state index contributed by atoms with van der Waals surface area (Å²) >= 11 is 1.30. The number of hydrogen-bond donors (Lipinski definition) is 1. The number of thiazole rings is 1. The molecule has 2 aromatic rings. The third kappa shape index (κ3) is 4.33. The van der Waals surface area contributed by atoms with E-state index < -0.39 is 11.8 Å². The van der Waals surface area contributed by atoms with E-state index in [-0.39, 0.29) is 36.6 Å². The number of carbonyl (C=O) groups excluding carboxylic acids is 2. The molecule has 132 valence electrons. The number of nitrogens with zero attached hydrogens (tertiary/aromatic N) is 2. The number of amides is 2. The zero-order valence-corrected chi connectivity index (χ0v) is 14.5. The fraction of sp³-hybridized carbons (Fsp3) is 0.353. The Balaban J connectivity index is 1.68. The van der Waals surface area contributed by atoms with E-state index in [0.717, 1.165) is 12.8 Å². The Morgan fingerprint density at radius 1 is 1.40 bits per heavy atom. The van der Waals surface area contributed by atoms with Gasteiger partial charge in [0.1, 0.15) is 10.8 Å². The van der Waals surface area contributed by atoms with Crippen molar-refractivity contribution in [2.75, 3.05) is 11.9 Å². The summed E-state index contributed by atoms with van der Waals surface area (Å²) < 4.78 is 18.6. The van der Waals surface area contributed by atoms with Gasteiger partial charge in [0, 0.05) is 11.4 Å². The van der Waals surface area contributed by atoms with Crippen molar-refractivity contribution in [3.63, 3.8) is 0 Å². The van der Waals surface area contributed by atoms with Gasteiger partial charge in [0.15, 0.2) is 5.69 Å². The van der Waals surface area contributed by atoms with Crippen LogP contribution in [0.15, 0.2) is 29.6 Å². The molecule has 8 heteroatoms. The molecule has 1 fully saturated rings. The zero-order chi connectivity index (χ0) is 17.8. The van der Waals surface area contributed by atoms with Gasteiger partial charge >= 0.3 is 12.0 Å². The lowest BCUT2D eigenvalue weighted by molar-refractivity contribution is 0.0520. The Morgan fingerprint density at radius 2 is 2.16 bits per heavy atom. The molecule has 1 aromatic heterocycles. The van der Waals surface area contributed by atoms with Crippen molar-refractivity contribution < 1.29 is 18.7 Å². The minimum atomic E-state index is -0.481. The Morgan fingerprint density at radius 3 is 2.84 bits per heavy atom. The van der Waals surface area contributed by atoms with Gasteiger partial charge in [0.2, 0.25) is 0 Å². The highest BCUT2D eigenvalue weighted by Gasteiger charge is 2.33. The van der Waals surface area contributed by atoms with E-state index in [1.807, 2.05) is 0 Å². The minimum absolute atomic E-state index is 0.113. The summed E-state index contributed by atoms with van der Waals surface area (Å²) in [5.74, 6) is -0.954. The number of hydrogen-bond acceptors (Lipinski definition) is 5. The zero-order valence-electron chi connectivity index (χ0n) is 13.7. The normalized spacial score (nSPS) is 13.4. The largest absolute Gasteiger partial charge is 0.461 e. The number of halogens is 1. The van der Waals surface area contributed by atoms with Crippen molar-refractivity contribution in [2.45, 2.75) is 32.4 Å². The Labute approximate surface area is 148 Å². The van der Waals surface area contributed by atoms with Gasteiger partial charge in [-0.3, -0.25) is 0 Å². The maximum atomic E-state index is 13.7. The second kappa shape index (κ2) is 7.60. The van der Waals surface area contributed by atoms with Gasteiger partial charge in [-0.2, -0.15) is 0 Å². The molecule has 2 amide bonds. The molecule has 3 rings (SSSR count). The number of aromatic nitrogens is 1. The second-order valence-corrected chi connectivity index (χ2v) is 6.56. The Kier molecular flexibility index (Phi) is 5.28. The van der Waals surface area contributed by atoms with Crippen molar-refractivity contribution in [1.82, 2.24) is 9.88 Å². The SMILES string of the molecule is CCOC(=O)c1csc(CN(C(=O)Nc2ccccc2F)C2CC2)n1. The van der Waals surface area contributed by atoms with Crippen LogP contribution >= 0.6 is 11.3 Å². The molecular weight excluding hydrogens is 345 g/mol. The molecule has 6 nitrogen and oxygen atoms in total. The first-order chi connectivity index (χ1) is 12.1. The smallest absolute Gasteiger partial charge is 0.357 e. The van der Waals surface area contributed by atoms with E-state index in [1.165, 1.54) is 23.5 Å². The average molecular weight is 363 g/mol. The molecule has 0 bridgehead atoms. The van der Waals surface area contributed by atoms with Crippen molar-refractivity contribution >= 4 is 29.0 Å². The van der Waals surface area contributed by atoms with Gasteiger partial charge in [-0.05, 0) is 31.9 Å². The molecule has 1 aliphatic rings. The summed E-state index contributed by atoms with van der Waals surface area (Å²) in [4.78, 5) is 30.1. The van der Waals surface area contributed by atoms with Crippen LogP contribution in [0.5, 0.6) is 0 Å². The van der Waals surface area contributed by atoms with Crippen LogP contribution in [0.25, 0.3) is 0 Å². The standard InChI is InChI=1S/C17H18FN3O3S/c1-2-24-16(22)14-10-25-15(19-14)9-21(11-7-8-11)17(23)20-13-6-4-3-5-12(13)18/h3-6,10-11H,2,7-9H2,1H3,(H,20,23). The summed E-state index contributed by atoms with van der Waals surface area (Å²) in [6.45, 7) is 2.28. The van der Waals surface area contributed by atoms with Crippen molar-refractivity contribution in [2.24, 2.45) is 0 Å². The molecule has 0 unspecified atom stereocenters. The topological polar surface area (TPSA) is 71.5 Å². The van der Waals surface area contributed by atoms with Crippen molar-refractivity contribution in [3.05, 3.63) is 46.2 Å². The van der Waals surface area contributed by atoms with E-state index in [0.29, 0.717) is 5.01 Å². The number of ether oxygens (including phenoxy) is 1. The Hall–Kier alpha value is -2.48. The fourth-order valence-corrected chi connectivity index (χ4v) is 3.09. The molecule has 25 heavy (non-hydrogen) atoms. The quantitative estimate of drug-likeness (QED) is 0.795. The lowest BCUT2D eigenvalue weighted by Gasteiger charge is -2.21. The Bertz CT molecular complexity index is 776. The first-order valence-corrected chi connectivity index (χ1v) is 8.90. The van der Waals surface area contributed by atoms with Crippen LogP contribution < -0.4 is 5.32 Å². The van der Waals surface area contributed by atoms with E-state index in [2.05, 4.69) is 10.3 Å². The van der Waals surface area contributed by atoms with E-state index in [4.69, 9.17) is 4.74 Å². The summed E-state index contributed by atoms with van der Waals surface area (Å²) in [7, 11) is 0. The summed E-state index contributed by atoms with van der Waals surface area (Å²) in [5, 5.41) is 4.85. The number of carbonyl (C=O) groups is 2. The molecule has 0 atom stereocenters. The van der Waals surface area contributed by atoms with Crippen molar-refractivity contribution in [3.8, 4) is 0 Å². The molecule has 0 saturated heterocycles. The predicted octanol–water partition coefficient (Wildman–Crippen LogP) is 3.66. The van der Waals surface area contributed by atoms with E-state index in [9.17, 15) is 14.0 Å². The van der Waals surface area contributed by atoms with E-state index in [1.54, 1.807) is 29.3 Å². The summed E-state index contributed by atoms with van der Waals surface area (Å²) in [5.41, 5.74) is 0.386. The number of urea groups is 1. The number of esters is 1. The lowest BCUT2D eigenvalue weighted by atomic mass is 10.3. The maximum absolute atomic E-state index is 13.7. The number of nitrogens with one attached hydrogen (secondary N) is 1. The van der Waals surface area contributed by atoms with Gasteiger partial charge < -0.3 is 15.0 Å². The third-order valence-corrected chi connectivity index (χ3v) is 4.54. The molecule has 1 aromatic carbocycles. The fourth-order valence-electron chi connectivity index (χ4n) is 2.33. The summed E-state index contributed by atoms with van der Waals surface area (Å²) in [6.07, 6.45) is 1.81. The maximum Gasteiger partial charge on any atom is 0.357 e. The van der Waals surface area contributed by atoms with Crippen LogP contribution in [-0.2, 0) is 11.3 Å². The molecule has 0 radical (unpaired) electrons. The van der Waals surface area contributed by atoms with Crippen molar-refractivity contribution in [1.29, 1.82) is 0 Å². The third-order valence-electron chi connectivity index (χ3n) is 3.71. The van der Waals surface area contributed by atoms with Gasteiger partial charge in [0.25, 0.3) is 0 Å². The highest BCUT2D eigenvalue weighted by atomic mass is 32.1. The van der Waals surface area contributed by atoms with E-state index >= 15 is 0 Å². The minimum Gasteiger partial charge on any atom is -0.461 e. The molecule has 1 aliphatic carbocycles. The van der Waals surface area contributed by atoms with Crippen LogP contribution in [0.3, 0.4) is 0 Å². The molecule has 1 N–H and O–H groups in total. The lowest BCUT2D eigenvalue weighted by Crippen LogP contribution is -2.36. The first-order valence-electron chi connectivity index (χ1n) is 8.02. The van der Waals surface area contributed by atoms with Gasteiger partial charge in [0.05, 0.1) is 18.8 Å². The summed E-state index contributed by atoms with van der Waals surface area (Å²) in [6, 6.07) is 5.77. The number of anilines is 1. The predicted molar refractivity (Wildman–Crippen MR) is 92.1 cm³/mol. The second-order valence-electron chi connectivity index (χ2n) is 5.62. The molecule has 1 saturated carbocycles. The van der Waals surface area contributed by atoms with Crippen LogP contribution in [0.2, 0.25) is 0 Å². The number of benzene rings is 1. The van der Waals surface area contributed by atoms with Gasteiger partial charge in [-0.15, -0.1) is 11.3 Å². The van der Waals surface area contributed by atoms with Crippen LogP contribution in [0.4, 0.5) is 14.9 Å². The monoisotopic (exact) mass is 363 g/mol. The van der Waals surface area contributed by atoms with Crippen LogP contribution in [-0.4, -0.2) is 34.5 Å². The average Bonchev–Trinajstić information content (AvgIpc) is 3.32. The highest BCUT2D eigenvalue weighted by Crippen LogP contribution is 2.30.